The lowest BCUT2D eigenvalue weighted by molar-refractivity contribution is 0.191. The van der Waals surface area contributed by atoms with Crippen LogP contribution in [0.5, 0.6) is 0 Å². The van der Waals surface area contributed by atoms with Gasteiger partial charge in [0.1, 0.15) is 12.1 Å². The fourth-order valence-electron chi connectivity index (χ4n) is 2.31. The van der Waals surface area contributed by atoms with Gasteiger partial charge in [0.25, 0.3) is 0 Å². The van der Waals surface area contributed by atoms with Gasteiger partial charge in [-0.15, -0.1) is 0 Å². The zero-order valence-electron chi connectivity index (χ0n) is 13.0. The van der Waals surface area contributed by atoms with Crippen LogP contribution in [0.2, 0.25) is 0 Å². The zero-order valence-corrected chi connectivity index (χ0v) is 13.0. The normalized spacial score (nSPS) is 12.0. The van der Waals surface area contributed by atoms with Crippen LogP contribution in [0.1, 0.15) is 11.7 Å². The van der Waals surface area contributed by atoms with E-state index in [2.05, 4.69) is 15.3 Å². The molecule has 2 aromatic carbocycles. The summed E-state index contributed by atoms with van der Waals surface area (Å²) in [7, 11) is 0. The van der Waals surface area contributed by atoms with E-state index in [0.717, 1.165) is 17.7 Å². The van der Waals surface area contributed by atoms with Crippen molar-refractivity contribution in [2.75, 3.05) is 11.9 Å². The Morgan fingerprint density at radius 1 is 0.960 bits per heavy atom. The average molecular weight is 345 g/mol. The Labute approximate surface area is 142 Å². The highest BCUT2D eigenvalue weighted by atomic mass is 19.2. The van der Waals surface area contributed by atoms with Crippen molar-refractivity contribution >= 4 is 5.82 Å². The molecule has 0 fully saturated rings. The van der Waals surface area contributed by atoms with Crippen molar-refractivity contribution in [3.63, 3.8) is 0 Å². The molecule has 2 N–H and O–H groups in total. The first-order valence-electron chi connectivity index (χ1n) is 7.48. The molecule has 0 unspecified atom stereocenters. The third kappa shape index (κ3) is 3.95. The van der Waals surface area contributed by atoms with Crippen LogP contribution in [-0.2, 0) is 0 Å². The molecule has 0 spiro atoms. The molecule has 0 aliphatic rings. The molecule has 0 bridgehead atoms. The number of aliphatic hydroxyl groups excluding tert-OH is 1. The van der Waals surface area contributed by atoms with Crippen LogP contribution in [0.4, 0.5) is 19.0 Å². The number of halogens is 3. The number of aromatic nitrogens is 2. The van der Waals surface area contributed by atoms with Crippen molar-refractivity contribution in [2.24, 2.45) is 0 Å². The number of benzene rings is 2. The third-order valence-electron chi connectivity index (χ3n) is 3.61. The Hall–Kier alpha value is -2.93. The van der Waals surface area contributed by atoms with Crippen molar-refractivity contribution in [1.82, 2.24) is 9.97 Å². The van der Waals surface area contributed by atoms with Crippen molar-refractivity contribution in [2.45, 2.75) is 6.10 Å². The van der Waals surface area contributed by atoms with Crippen LogP contribution in [0.25, 0.3) is 11.3 Å². The van der Waals surface area contributed by atoms with Crippen molar-refractivity contribution < 1.29 is 18.3 Å². The van der Waals surface area contributed by atoms with E-state index in [0.29, 0.717) is 5.82 Å². The first-order chi connectivity index (χ1) is 12.0. The van der Waals surface area contributed by atoms with Gasteiger partial charge in [-0.2, -0.15) is 0 Å². The standard InChI is InChI=1S/C18H14F3N3O/c19-13-6-12(7-14(20)18(13)21)15-8-17(24-10-23-15)22-9-16(25)11-4-2-1-3-5-11/h1-8,10,16,25H,9H2,(H,22,23,24)/t16-/m0/s1. The van der Waals surface area contributed by atoms with Crippen LogP contribution in [0.3, 0.4) is 0 Å². The topological polar surface area (TPSA) is 58.0 Å². The second kappa shape index (κ2) is 7.31. The summed E-state index contributed by atoms with van der Waals surface area (Å²) in [5, 5.41) is 13.1. The second-order valence-corrected chi connectivity index (χ2v) is 5.35. The molecule has 3 aromatic rings. The third-order valence-corrected chi connectivity index (χ3v) is 3.61. The lowest BCUT2D eigenvalue weighted by atomic mass is 10.1. The molecule has 1 atom stereocenters. The summed E-state index contributed by atoms with van der Waals surface area (Å²) >= 11 is 0. The number of anilines is 1. The Bertz CT molecular complexity index is 851. The van der Waals surface area contributed by atoms with Gasteiger partial charge in [0.2, 0.25) is 0 Å². The minimum atomic E-state index is -1.53. The summed E-state index contributed by atoms with van der Waals surface area (Å²) in [5.74, 6) is -3.74. The minimum Gasteiger partial charge on any atom is -0.387 e. The summed E-state index contributed by atoms with van der Waals surface area (Å²) in [5.41, 5.74) is 1.06. The molecule has 0 aliphatic carbocycles. The molecule has 0 radical (unpaired) electrons. The summed E-state index contributed by atoms with van der Waals surface area (Å²) in [6.45, 7) is 0.187. The summed E-state index contributed by atoms with van der Waals surface area (Å²) < 4.78 is 39.8. The largest absolute Gasteiger partial charge is 0.387 e. The monoisotopic (exact) mass is 345 g/mol. The molecule has 0 saturated carbocycles. The molecule has 7 heteroatoms. The van der Waals surface area contributed by atoms with Gasteiger partial charge in [0.15, 0.2) is 17.5 Å². The van der Waals surface area contributed by atoms with E-state index < -0.39 is 23.6 Å². The fraction of sp³-hybridized carbons (Fsp3) is 0.111. The number of hydrogen-bond acceptors (Lipinski definition) is 4. The predicted molar refractivity (Wildman–Crippen MR) is 87.2 cm³/mol. The number of aliphatic hydroxyl groups is 1. The highest BCUT2D eigenvalue weighted by Crippen LogP contribution is 2.23. The Morgan fingerprint density at radius 3 is 2.32 bits per heavy atom. The summed E-state index contributed by atoms with van der Waals surface area (Å²) in [6.07, 6.45) is 0.464. The lowest BCUT2D eigenvalue weighted by Crippen LogP contribution is -2.13. The number of nitrogens with one attached hydrogen (secondary N) is 1. The van der Waals surface area contributed by atoms with Gasteiger partial charge in [-0.3, -0.25) is 0 Å². The molecule has 3 rings (SSSR count). The molecule has 1 heterocycles. The van der Waals surface area contributed by atoms with Crippen molar-refractivity contribution in [3.8, 4) is 11.3 Å². The average Bonchev–Trinajstić information content (AvgIpc) is 2.64. The van der Waals surface area contributed by atoms with E-state index in [9.17, 15) is 18.3 Å². The summed E-state index contributed by atoms with van der Waals surface area (Å²) in [6, 6.07) is 12.3. The molecular weight excluding hydrogens is 331 g/mol. The molecule has 0 aliphatic heterocycles. The zero-order chi connectivity index (χ0) is 17.8. The van der Waals surface area contributed by atoms with Crippen molar-refractivity contribution in [3.05, 3.63) is 77.9 Å². The highest BCUT2D eigenvalue weighted by Gasteiger charge is 2.13. The smallest absolute Gasteiger partial charge is 0.194 e. The van der Waals surface area contributed by atoms with Crippen LogP contribution < -0.4 is 5.32 Å². The van der Waals surface area contributed by atoms with E-state index in [1.807, 2.05) is 18.2 Å². The molecule has 0 saturated heterocycles. The SMILES string of the molecule is O[C@@H](CNc1cc(-c2cc(F)c(F)c(F)c2)ncn1)c1ccccc1. The van der Waals surface area contributed by atoms with Gasteiger partial charge >= 0.3 is 0 Å². The Morgan fingerprint density at radius 2 is 1.64 bits per heavy atom. The van der Waals surface area contributed by atoms with E-state index in [-0.39, 0.29) is 17.8 Å². The number of nitrogens with zero attached hydrogens (tertiary/aromatic N) is 2. The maximum atomic E-state index is 13.4. The van der Waals surface area contributed by atoms with Gasteiger partial charge < -0.3 is 10.4 Å². The summed E-state index contributed by atoms with van der Waals surface area (Å²) in [4.78, 5) is 7.94. The maximum absolute atomic E-state index is 13.4. The number of hydrogen-bond donors (Lipinski definition) is 2. The van der Waals surface area contributed by atoms with E-state index in [1.165, 1.54) is 12.4 Å². The van der Waals surface area contributed by atoms with Gasteiger partial charge in [-0.25, -0.2) is 23.1 Å². The van der Waals surface area contributed by atoms with Gasteiger partial charge in [-0.05, 0) is 17.7 Å². The molecular formula is C18H14F3N3O. The molecule has 25 heavy (non-hydrogen) atoms. The number of rotatable bonds is 5. The Kier molecular flexibility index (Phi) is 4.95. The van der Waals surface area contributed by atoms with Gasteiger partial charge in [-0.1, -0.05) is 30.3 Å². The van der Waals surface area contributed by atoms with E-state index in [1.54, 1.807) is 12.1 Å². The Balaban J connectivity index is 1.76. The van der Waals surface area contributed by atoms with Gasteiger partial charge in [0.05, 0.1) is 11.8 Å². The fourth-order valence-corrected chi connectivity index (χ4v) is 2.31. The lowest BCUT2D eigenvalue weighted by Gasteiger charge is -2.13. The van der Waals surface area contributed by atoms with Crippen LogP contribution >= 0.6 is 0 Å². The van der Waals surface area contributed by atoms with E-state index in [4.69, 9.17) is 0 Å². The van der Waals surface area contributed by atoms with Crippen molar-refractivity contribution in [1.29, 1.82) is 0 Å². The minimum absolute atomic E-state index is 0.0884. The van der Waals surface area contributed by atoms with E-state index >= 15 is 0 Å². The molecule has 4 nitrogen and oxygen atoms in total. The van der Waals surface area contributed by atoms with Crippen LogP contribution in [-0.4, -0.2) is 21.6 Å². The molecule has 0 amide bonds. The maximum Gasteiger partial charge on any atom is 0.194 e. The molecule has 128 valence electrons. The second-order valence-electron chi connectivity index (χ2n) is 5.35. The van der Waals surface area contributed by atoms with Gasteiger partial charge in [0, 0.05) is 18.2 Å². The van der Waals surface area contributed by atoms with Crippen LogP contribution in [0.15, 0.2) is 54.9 Å². The highest BCUT2D eigenvalue weighted by molar-refractivity contribution is 5.62. The first-order valence-corrected chi connectivity index (χ1v) is 7.48. The molecule has 1 aromatic heterocycles. The van der Waals surface area contributed by atoms with Crippen LogP contribution in [0, 0.1) is 17.5 Å². The quantitative estimate of drug-likeness (QED) is 0.692. The predicted octanol–water partition coefficient (Wildman–Crippen LogP) is 3.71. The first kappa shape index (κ1) is 16.9.